The van der Waals surface area contributed by atoms with Gasteiger partial charge in [0.2, 0.25) is 5.91 Å². The number of halogens is 1. The van der Waals surface area contributed by atoms with Gasteiger partial charge < -0.3 is 5.32 Å². The van der Waals surface area contributed by atoms with Gasteiger partial charge in [-0.3, -0.25) is 9.69 Å². The predicted molar refractivity (Wildman–Crippen MR) is 86.9 cm³/mol. The Morgan fingerprint density at radius 3 is 2.68 bits per heavy atom. The summed E-state index contributed by atoms with van der Waals surface area (Å²) in [4.78, 5) is 14.4. The highest BCUT2D eigenvalue weighted by molar-refractivity contribution is 5.79. The molecule has 1 fully saturated rings. The van der Waals surface area contributed by atoms with Crippen LogP contribution in [0.2, 0.25) is 0 Å². The first-order chi connectivity index (χ1) is 10.6. The van der Waals surface area contributed by atoms with E-state index < -0.39 is 0 Å². The van der Waals surface area contributed by atoms with Crippen molar-refractivity contribution < 1.29 is 9.18 Å². The standard InChI is InChI=1S/C18H27FN2O/c1-3-6-14(2)20-18(22)15-9-11-21(12-10-15)13-16-7-4-5-8-17(16)19/h4-5,7-8,14-15H,3,6,9-13H2,1-2H3,(H,20,22). The third kappa shape index (κ3) is 4.80. The number of benzene rings is 1. The molecule has 1 aliphatic rings. The quantitative estimate of drug-likeness (QED) is 0.874. The molecule has 1 unspecified atom stereocenters. The van der Waals surface area contributed by atoms with Gasteiger partial charge in [-0.05, 0) is 45.3 Å². The molecule has 1 aromatic rings. The Labute approximate surface area is 132 Å². The van der Waals surface area contributed by atoms with Crippen molar-refractivity contribution in [3.8, 4) is 0 Å². The summed E-state index contributed by atoms with van der Waals surface area (Å²) in [5.41, 5.74) is 0.738. The van der Waals surface area contributed by atoms with E-state index in [1.807, 2.05) is 12.1 Å². The summed E-state index contributed by atoms with van der Waals surface area (Å²) in [6.45, 7) is 6.54. The van der Waals surface area contributed by atoms with E-state index in [4.69, 9.17) is 0 Å². The average Bonchev–Trinajstić information content (AvgIpc) is 2.50. The van der Waals surface area contributed by atoms with Crippen LogP contribution in [0.1, 0.15) is 45.1 Å². The summed E-state index contributed by atoms with van der Waals surface area (Å²) in [5, 5.41) is 3.11. The number of rotatable bonds is 6. The maximum atomic E-state index is 13.7. The average molecular weight is 306 g/mol. The van der Waals surface area contributed by atoms with Crippen LogP contribution in [0.3, 0.4) is 0 Å². The third-order valence-electron chi connectivity index (χ3n) is 4.42. The smallest absolute Gasteiger partial charge is 0.223 e. The van der Waals surface area contributed by atoms with Gasteiger partial charge in [0.1, 0.15) is 5.82 Å². The van der Waals surface area contributed by atoms with Crippen LogP contribution in [-0.4, -0.2) is 29.9 Å². The zero-order valence-corrected chi connectivity index (χ0v) is 13.6. The van der Waals surface area contributed by atoms with Crippen LogP contribution in [0.4, 0.5) is 4.39 Å². The maximum absolute atomic E-state index is 13.7. The molecule has 1 saturated heterocycles. The molecule has 1 aliphatic heterocycles. The van der Waals surface area contributed by atoms with Crippen LogP contribution in [0.15, 0.2) is 24.3 Å². The molecule has 0 saturated carbocycles. The summed E-state index contributed by atoms with van der Waals surface area (Å²) >= 11 is 0. The van der Waals surface area contributed by atoms with Crippen LogP contribution in [0, 0.1) is 11.7 Å². The summed E-state index contributed by atoms with van der Waals surface area (Å²) < 4.78 is 13.7. The van der Waals surface area contributed by atoms with Crippen molar-refractivity contribution in [1.29, 1.82) is 0 Å². The fraction of sp³-hybridized carbons (Fsp3) is 0.611. The van der Waals surface area contributed by atoms with E-state index in [1.165, 1.54) is 6.07 Å². The fourth-order valence-corrected chi connectivity index (χ4v) is 3.09. The summed E-state index contributed by atoms with van der Waals surface area (Å²) in [5.74, 6) is 0.151. The van der Waals surface area contributed by atoms with E-state index in [0.29, 0.717) is 6.54 Å². The first-order valence-electron chi connectivity index (χ1n) is 8.36. The second-order valence-electron chi connectivity index (χ2n) is 6.34. The molecule has 1 aromatic carbocycles. The lowest BCUT2D eigenvalue weighted by Gasteiger charge is -2.32. The Morgan fingerprint density at radius 1 is 1.36 bits per heavy atom. The van der Waals surface area contributed by atoms with Crippen molar-refractivity contribution >= 4 is 5.91 Å². The molecule has 3 nitrogen and oxygen atoms in total. The molecular weight excluding hydrogens is 279 g/mol. The number of piperidine rings is 1. The fourth-order valence-electron chi connectivity index (χ4n) is 3.09. The Hall–Kier alpha value is -1.42. The van der Waals surface area contributed by atoms with Gasteiger partial charge in [0.05, 0.1) is 0 Å². The molecule has 22 heavy (non-hydrogen) atoms. The number of nitrogens with one attached hydrogen (secondary N) is 1. The number of likely N-dealkylation sites (tertiary alicyclic amines) is 1. The highest BCUT2D eigenvalue weighted by Crippen LogP contribution is 2.20. The minimum Gasteiger partial charge on any atom is -0.353 e. The van der Waals surface area contributed by atoms with Gasteiger partial charge in [-0.15, -0.1) is 0 Å². The van der Waals surface area contributed by atoms with Gasteiger partial charge in [-0.25, -0.2) is 4.39 Å². The minimum absolute atomic E-state index is 0.108. The zero-order chi connectivity index (χ0) is 15.9. The van der Waals surface area contributed by atoms with Crippen molar-refractivity contribution in [3.63, 3.8) is 0 Å². The molecular formula is C18H27FN2O. The minimum atomic E-state index is -0.143. The molecule has 0 bridgehead atoms. The van der Waals surface area contributed by atoms with Crippen LogP contribution < -0.4 is 5.32 Å². The van der Waals surface area contributed by atoms with Crippen LogP contribution >= 0.6 is 0 Å². The van der Waals surface area contributed by atoms with E-state index in [-0.39, 0.29) is 23.7 Å². The van der Waals surface area contributed by atoms with E-state index >= 15 is 0 Å². The molecule has 1 atom stereocenters. The third-order valence-corrected chi connectivity index (χ3v) is 4.42. The lowest BCUT2D eigenvalue weighted by atomic mass is 9.95. The van der Waals surface area contributed by atoms with Gasteiger partial charge in [0.25, 0.3) is 0 Å². The van der Waals surface area contributed by atoms with E-state index in [0.717, 1.165) is 44.3 Å². The number of carbonyl (C=O) groups is 1. The lowest BCUT2D eigenvalue weighted by molar-refractivity contribution is -0.127. The number of hydrogen-bond donors (Lipinski definition) is 1. The molecule has 0 spiro atoms. The van der Waals surface area contributed by atoms with Gasteiger partial charge in [0.15, 0.2) is 0 Å². The first-order valence-corrected chi connectivity index (χ1v) is 8.36. The van der Waals surface area contributed by atoms with Crippen molar-refractivity contribution in [2.45, 2.75) is 52.1 Å². The second kappa shape index (κ2) is 8.28. The van der Waals surface area contributed by atoms with Crippen LogP contribution in [0.25, 0.3) is 0 Å². The highest BCUT2D eigenvalue weighted by Gasteiger charge is 2.25. The molecule has 0 aliphatic carbocycles. The van der Waals surface area contributed by atoms with Crippen molar-refractivity contribution in [3.05, 3.63) is 35.6 Å². The summed E-state index contributed by atoms with van der Waals surface area (Å²) in [7, 11) is 0. The number of hydrogen-bond acceptors (Lipinski definition) is 2. The Balaban J connectivity index is 1.78. The predicted octanol–water partition coefficient (Wildman–Crippen LogP) is 3.34. The summed E-state index contributed by atoms with van der Waals surface area (Å²) in [6, 6.07) is 7.18. The van der Waals surface area contributed by atoms with Gasteiger partial charge in [-0.2, -0.15) is 0 Å². The zero-order valence-electron chi connectivity index (χ0n) is 13.6. The molecule has 1 N–H and O–H groups in total. The highest BCUT2D eigenvalue weighted by atomic mass is 19.1. The van der Waals surface area contributed by atoms with Crippen molar-refractivity contribution in [1.82, 2.24) is 10.2 Å². The van der Waals surface area contributed by atoms with E-state index in [9.17, 15) is 9.18 Å². The van der Waals surface area contributed by atoms with Crippen molar-refractivity contribution in [2.24, 2.45) is 5.92 Å². The maximum Gasteiger partial charge on any atom is 0.223 e. The number of amides is 1. The topological polar surface area (TPSA) is 32.3 Å². The molecule has 4 heteroatoms. The van der Waals surface area contributed by atoms with Crippen LogP contribution in [-0.2, 0) is 11.3 Å². The second-order valence-corrected chi connectivity index (χ2v) is 6.34. The SMILES string of the molecule is CCCC(C)NC(=O)C1CCN(Cc2ccccc2F)CC1. The number of nitrogens with zero attached hydrogens (tertiary/aromatic N) is 1. The molecule has 0 radical (unpaired) electrons. The first kappa shape index (κ1) is 16.9. The Kier molecular flexibility index (Phi) is 6.37. The largest absolute Gasteiger partial charge is 0.353 e. The summed E-state index contributed by atoms with van der Waals surface area (Å²) in [6.07, 6.45) is 3.83. The Morgan fingerprint density at radius 2 is 2.05 bits per heavy atom. The normalized spacial score (nSPS) is 18.1. The molecule has 2 rings (SSSR count). The van der Waals surface area contributed by atoms with Crippen molar-refractivity contribution in [2.75, 3.05) is 13.1 Å². The molecule has 0 aromatic heterocycles. The van der Waals surface area contributed by atoms with Crippen LogP contribution in [0.5, 0.6) is 0 Å². The van der Waals surface area contributed by atoms with E-state index in [2.05, 4.69) is 24.1 Å². The molecule has 122 valence electrons. The molecule has 1 heterocycles. The van der Waals surface area contributed by atoms with Gasteiger partial charge in [-0.1, -0.05) is 31.5 Å². The number of carbonyl (C=O) groups excluding carboxylic acids is 1. The van der Waals surface area contributed by atoms with Gasteiger partial charge in [0, 0.05) is 24.1 Å². The lowest BCUT2D eigenvalue weighted by Crippen LogP contribution is -2.42. The Bertz CT molecular complexity index is 484. The van der Waals surface area contributed by atoms with E-state index in [1.54, 1.807) is 6.07 Å². The van der Waals surface area contributed by atoms with Gasteiger partial charge >= 0.3 is 0 Å². The monoisotopic (exact) mass is 306 g/mol. The molecule has 1 amide bonds.